The van der Waals surface area contributed by atoms with E-state index >= 15 is 0 Å². The van der Waals surface area contributed by atoms with E-state index < -0.39 is 0 Å². The molecule has 0 aliphatic carbocycles. The number of aromatic nitrogens is 3. The fourth-order valence-electron chi connectivity index (χ4n) is 3.95. The molecule has 2 aromatic heterocycles. The number of rotatable bonds is 10. The minimum atomic E-state index is -0.292. The highest BCUT2D eigenvalue weighted by Crippen LogP contribution is 2.26. The van der Waals surface area contributed by atoms with Crippen molar-refractivity contribution in [3.05, 3.63) is 89.1 Å². The number of hydrogen-bond acceptors (Lipinski definition) is 7. The number of nitrogens with one attached hydrogen (secondary N) is 1. The molecule has 0 atom stereocenters. The van der Waals surface area contributed by atoms with Gasteiger partial charge in [-0.1, -0.05) is 25.6 Å². The lowest BCUT2D eigenvalue weighted by molar-refractivity contribution is 0.0234. The van der Waals surface area contributed by atoms with Crippen LogP contribution in [0.5, 0.6) is 5.75 Å². The molecule has 1 fully saturated rings. The average molecular weight is 474 g/mol. The molecule has 3 N–H and O–H groups in total. The Hall–Kier alpha value is -4.11. The minimum Gasteiger partial charge on any atom is -0.487 e. The van der Waals surface area contributed by atoms with E-state index in [4.69, 9.17) is 10.5 Å². The van der Waals surface area contributed by atoms with Gasteiger partial charge in [-0.25, -0.2) is 19.3 Å². The molecule has 0 amide bonds. The zero-order valence-corrected chi connectivity index (χ0v) is 20.1. The number of hydrogen-bond donors (Lipinski definition) is 2. The molecule has 182 valence electrons. The van der Waals surface area contributed by atoms with Crippen LogP contribution in [-0.2, 0) is 6.54 Å². The maximum atomic E-state index is 13.0. The number of nitrogen functional groups attached to an aromatic ring is 1. The zero-order chi connectivity index (χ0) is 24.9. The lowest BCUT2D eigenvalue weighted by Crippen LogP contribution is -2.53. The van der Waals surface area contributed by atoms with Gasteiger partial charge in [0.2, 0.25) is 0 Å². The molecule has 4 rings (SSSR count). The number of aryl methyl sites for hydroxylation is 1. The molecule has 9 heteroatoms. The highest BCUT2D eigenvalue weighted by molar-refractivity contribution is 5.86. The SMILES string of the molecule is C=CCn1c(=O)c(/C=N\C(=C)Nc2ccc(OC3CN(CC)C3)c(C)c2)c(N)n1-c1ccccn1. The largest absolute Gasteiger partial charge is 0.487 e. The summed E-state index contributed by atoms with van der Waals surface area (Å²) in [4.78, 5) is 24.0. The molecule has 0 unspecified atom stereocenters. The van der Waals surface area contributed by atoms with E-state index in [2.05, 4.69) is 40.3 Å². The van der Waals surface area contributed by atoms with E-state index in [9.17, 15) is 4.79 Å². The van der Waals surface area contributed by atoms with Gasteiger partial charge in [-0.3, -0.25) is 9.69 Å². The Morgan fingerprint density at radius 1 is 1.34 bits per heavy atom. The van der Waals surface area contributed by atoms with Crippen molar-refractivity contribution in [1.82, 2.24) is 19.2 Å². The number of anilines is 2. The van der Waals surface area contributed by atoms with Crippen LogP contribution in [0.25, 0.3) is 5.82 Å². The topological polar surface area (TPSA) is 103 Å². The monoisotopic (exact) mass is 473 g/mol. The molecule has 3 aromatic rings. The van der Waals surface area contributed by atoms with Crippen molar-refractivity contribution in [2.45, 2.75) is 26.5 Å². The first-order chi connectivity index (χ1) is 16.9. The maximum Gasteiger partial charge on any atom is 0.278 e. The van der Waals surface area contributed by atoms with Crippen molar-refractivity contribution in [2.75, 3.05) is 30.7 Å². The lowest BCUT2D eigenvalue weighted by atomic mass is 10.1. The molecule has 35 heavy (non-hydrogen) atoms. The first-order valence-electron chi connectivity index (χ1n) is 11.5. The van der Waals surface area contributed by atoms with Gasteiger partial charge in [-0.05, 0) is 49.4 Å². The summed E-state index contributed by atoms with van der Waals surface area (Å²) >= 11 is 0. The third kappa shape index (κ3) is 5.20. The number of pyridine rings is 1. The normalized spacial score (nSPS) is 14.1. The van der Waals surface area contributed by atoms with Crippen molar-refractivity contribution in [1.29, 1.82) is 0 Å². The van der Waals surface area contributed by atoms with Gasteiger partial charge in [0, 0.05) is 31.2 Å². The number of nitrogens with two attached hydrogens (primary N) is 1. The summed E-state index contributed by atoms with van der Waals surface area (Å²) in [5.41, 5.74) is 8.13. The Labute approximate surface area is 204 Å². The van der Waals surface area contributed by atoms with Gasteiger partial charge in [0.1, 0.15) is 29.1 Å². The fraction of sp³-hybridized carbons (Fsp3) is 0.269. The molecule has 0 saturated carbocycles. The van der Waals surface area contributed by atoms with Crippen LogP contribution < -0.4 is 21.3 Å². The number of aliphatic imine (C=N–C) groups is 1. The molecular formula is C26H31N7O2. The molecular weight excluding hydrogens is 442 g/mol. The van der Waals surface area contributed by atoms with Gasteiger partial charge in [0.25, 0.3) is 5.56 Å². The summed E-state index contributed by atoms with van der Waals surface area (Å²) in [5.74, 6) is 2.01. The van der Waals surface area contributed by atoms with Crippen LogP contribution in [0.4, 0.5) is 11.5 Å². The van der Waals surface area contributed by atoms with Crippen molar-refractivity contribution in [3.8, 4) is 11.6 Å². The fourth-order valence-corrected chi connectivity index (χ4v) is 3.95. The molecule has 3 heterocycles. The summed E-state index contributed by atoms with van der Waals surface area (Å²) < 4.78 is 9.11. The Kier molecular flexibility index (Phi) is 7.17. The predicted octanol–water partition coefficient (Wildman–Crippen LogP) is 3.20. The number of allylic oxidation sites excluding steroid dienone is 1. The number of benzene rings is 1. The second-order valence-corrected chi connectivity index (χ2v) is 8.38. The smallest absolute Gasteiger partial charge is 0.278 e. The van der Waals surface area contributed by atoms with E-state index in [1.165, 1.54) is 10.9 Å². The maximum absolute atomic E-state index is 13.0. The second-order valence-electron chi connectivity index (χ2n) is 8.38. The predicted molar refractivity (Wildman–Crippen MR) is 140 cm³/mol. The number of ether oxygens (including phenoxy) is 1. The molecule has 1 aliphatic heterocycles. The van der Waals surface area contributed by atoms with Crippen LogP contribution in [-0.4, -0.2) is 51.2 Å². The van der Waals surface area contributed by atoms with Crippen LogP contribution in [0.15, 0.2) is 77.4 Å². The van der Waals surface area contributed by atoms with Crippen molar-refractivity contribution < 1.29 is 4.74 Å². The molecule has 0 radical (unpaired) electrons. The van der Waals surface area contributed by atoms with Gasteiger partial charge < -0.3 is 15.8 Å². The average Bonchev–Trinajstić information content (AvgIpc) is 3.05. The minimum absolute atomic E-state index is 0.237. The molecule has 0 spiro atoms. The van der Waals surface area contributed by atoms with Crippen LogP contribution in [0.1, 0.15) is 18.1 Å². The van der Waals surface area contributed by atoms with Gasteiger partial charge in [0.15, 0.2) is 5.82 Å². The van der Waals surface area contributed by atoms with Gasteiger partial charge in [-0.15, -0.1) is 6.58 Å². The molecule has 1 saturated heterocycles. The molecule has 1 aliphatic rings. The summed E-state index contributed by atoms with van der Waals surface area (Å²) in [5, 5.41) is 3.15. The molecule has 9 nitrogen and oxygen atoms in total. The Balaban J connectivity index is 1.48. The van der Waals surface area contributed by atoms with Crippen LogP contribution in [0, 0.1) is 6.92 Å². The molecule has 1 aromatic carbocycles. The summed E-state index contributed by atoms with van der Waals surface area (Å²) in [7, 11) is 0. The zero-order valence-electron chi connectivity index (χ0n) is 20.1. The lowest BCUT2D eigenvalue weighted by Gasteiger charge is -2.38. The van der Waals surface area contributed by atoms with Crippen LogP contribution in [0.2, 0.25) is 0 Å². The van der Waals surface area contributed by atoms with E-state index in [0.717, 1.165) is 36.6 Å². The molecule has 0 bridgehead atoms. The van der Waals surface area contributed by atoms with Crippen molar-refractivity contribution in [3.63, 3.8) is 0 Å². The van der Waals surface area contributed by atoms with Crippen molar-refractivity contribution in [2.24, 2.45) is 4.99 Å². The highest BCUT2D eigenvalue weighted by atomic mass is 16.5. The van der Waals surface area contributed by atoms with E-state index in [0.29, 0.717) is 11.6 Å². The standard InChI is InChI=1S/C26H31N7O2/c1-5-13-32-26(34)22(25(27)33(32)24-9-7-8-12-28-24)15-29-19(4)30-20-10-11-23(18(3)14-20)35-21-16-31(6-2)17-21/h5,7-12,14-15,21,30H,1,4,6,13,16-17,27H2,2-3H3/b29-15-. The summed E-state index contributed by atoms with van der Waals surface area (Å²) in [6.45, 7) is 15.1. The Morgan fingerprint density at radius 2 is 2.14 bits per heavy atom. The first-order valence-corrected chi connectivity index (χ1v) is 11.5. The quantitative estimate of drug-likeness (QED) is 0.346. The summed E-state index contributed by atoms with van der Waals surface area (Å²) in [6.07, 6.45) is 4.93. The Bertz CT molecular complexity index is 1300. The van der Waals surface area contributed by atoms with Crippen LogP contribution in [0.3, 0.4) is 0 Å². The van der Waals surface area contributed by atoms with E-state index in [-0.39, 0.29) is 29.6 Å². The summed E-state index contributed by atoms with van der Waals surface area (Å²) in [6, 6.07) is 11.2. The van der Waals surface area contributed by atoms with Crippen LogP contribution >= 0.6 is 0 Å². The number of likely N-dealkylation sites (tertiary alicyclic amines) is 1. The van der Waals surface area contributed by atoms with Gasteiger partial charge in [0.05, 0.1) is 6.54 Å². The first kappa shape index (κ1) is 24.0. The second kappa shape index (κ2) is 10.4. The van der Waals surface area contributed by atoms with E-state index in [1.54, 1.807) is 29.1 Å². The van der Waals surface area contributed by atoms with E-state index in [1.807, 2.05) is 31.2 Å². The van der Waals surface area contributed by atoms with Gasteiger partial charge in [-0.2, -0.15) is 0 Å². The Morgan fingerprint density at radius 3 is 2.80 bits per heavy atom. The third-order valence-electron chi connectivity index (χ3n) is 5.86. The van der Waals surface area contributed by atoms with Crippen molar-refractivity contribution >= 4 is 17.7 Å². The number of likely N-dealkylation sites (N-methyl/N-ethyl adjacent to an activating group) is 1. The number of nitrogens with zero attached hydrogens (tertiary/aromatic N) is 5. The third-order valence-corrected chi connectivity index (χ3v) is 5.86. The highest BCUT2D eigenvalue weighted by Gasteiger charge is 2.27. The van der Waals surface area contributed by atoms with Gasteiger partial charge >= 0.3 is 0 Å².